The first-order chi connectivity index (χ1) is 5.01. The Morgan fingerprint density at radius 2 is 2.27 bits per heavy atom. The summed E-state index contributed by atoms with van der Waals surface area (Å²) < 4.78 is 0. The third kappa shape index (κ3) is 2.19. The maximum atomic E-state index is 10.6. The van der Waals surface area contributed by atoms with E-state index in [4.69, 9.17) is 5.11 Å². The molecule has 0 aliphatic carbocycles. The van der Waals surface area contributed by atoms with Crippen LogP contribution in [0.25, 0.3) is 0 Å². The highest BCUT2D eigenvalue weighted by Crippen LogP contribution is 2.29. The fourth-order valence-electron chi connectivity index (χ4n) is 1.49. The van der Waals surface area contributed by atoms with Gasteiger partial charge < -0.3 is 10.4 Å². The van der Waals surface area contributed by atoms with Gasteiger partial charge in [-0.25, -0.2) is 0 Å². The Bertz CT molecular complexity index is 165. The number of piperidine rings is 1. The van der Waals surface area contributed by atoms with E-state index < -0.39 is 5.97 Å². The van der Waals surface area contributed by atoms with Gasteiger partial charge in [0, 0.05) is 0 Å². The number of hydrogen-bond donors (Lipinski definition) is 2. The van der Waals surface area contributed by atoms with E-state index in [1.165, 1.54) is 0 Å². The molecule has 0 saturated carbocycles. The molecule has 1 rings (SSSR count). The minimum Gasteiger partial charge on any atom is -0.480 e. The van der Waals surface area contributed by atoms with Crippen LogP contribution >= 0.6 is 0 Å². The maximum Gasteiger partial charge on any atom is 0.320 e. The van der Waals surface area contributed by atoms with Crippen molar-refractivity contribution in [3.8, 4) is 0 Å². The van der Waals surface area contributed by atoms with E-state index in [0.29, 0.717) is 0 Å². The number of aliphatic carboxylic acids is 1. The quantitative estimate of drug-likeness (QED) is 0.593. The summed E-state index contributed by atoms with van der Waals surface area (Å²) in [4.78, 5) is 10.6. The Labute approximate surface area is 66.8 Å². The second-order valence-corrected chi connectivity index (χ2v) is 3.96. The molecule has 2 N–H and O–H groups in total. The Balaban J connectivity index is 2.53. The van der Waals surface area contributed by atoms with Crippen molar-refractivity contribution in [1.82, 2.24) is 5.32 Å². The molecule has 0 aromatic heterocycles. The second kappa shape index (κ2) is 2.81. The van der Waals surface area contributed by atoms with Gasteiger partial charge in [0.1, 0.15) is 6.04 Å². The second-order valence-electron chi connectivity index (χ2n) is 3.96. The fraction of sp³-hybridized carbons (Fsp3) is 0.875. The van der Waals surface area contributed by atoms with Crippen LogP contribution in [0.1, 0.15) is 26.7 Å². The highest BCUT2D eigenvalue weighted by Gasteiger charge is 2.31. The van der Waals surface area contributed by atoms with E-state index in [2.05, 4.69) is 19.2 Å². The molecule has 0 bridgehead atoms. The van der Waals surface area contributed by atoms with Crippen molar-refractivity contribution in [3.63, 3.8) is 0 Å². The largest absolute Gasteiger partial charge is 0.480 e. The lowest BCUT2D eigenvalue weighted by Gasteiger charge is -2.33. The van der Waals surface area contributed by atoms with Gasteiger partial charge in [-0.05, 0) is 24.8 Å². The summed E-state index contributed by atoms with van der Waals surface area (Å²) in [5.74, 6) is -0.724. The van der Waals surface area contributed by atoms with E-state index in [0.717, 1.165) is 19.4 Å². The van der Waals surface area contributed by atoms with Crippen molar-refractivity contribution in [1.29, 1.82) is 0 Å². The van der Waals surface area contributed by atoms with Gasteiger partial charge in [-0.2, -0.15) is 0 Å². The van der Waals surface area contributed by atoms with Crippen LogP contribution in [0.15, 0.2) is 0 Å². The Morgan fingerprint density at radius 1 is 1.64 bits per heavy atom. The lowest BCUT2D eigenvalue weighted by atomic mass is 9.80. The number of carboxylic acids is 1. The van der Waals surface area contributed by atoms with Gasteiger partial charge in [0.25, 0.3) is 0 Å². The minimum atomic E-state index is -0.724. The van der Waals surface area contributed by atoms with Crippen LogP contribution in [-0.2, 0) is 4.79 Å². The molecule has 3 nitrogen and oxygen atoms in total. The molecule has 0 spiro atoms. The zero-order valence-electron chi connectivity index (χ0n) is 7.05. The molecule has 1 fully saturated rings. The number of rotatable bonds is 1. The number of carbonyl (C=O) groups is 1. The van der Waals surface area contributed by atoms with Gasteiger partial charge in [0.2, 0.25) is 0 Å². The predicted molar refractivity (Wildman–Crippen MR) is 42.4 cm³/mol. The Morgan fingerprint density at radius 3 is 2.64 bits per heavy atom. The first-order valence-corrected chi connectivity index (χ1v) is 3.97. The van der Waals surface area contributed by atoms with Crippen molar-refractivity contribution in [2.75, 3.05) is 6.54 Å². The van der Waals surface area contributed by atoms with E-state index in [1.54, 1.807) is 0 Å². The van der Waals surface area contributed by atoms with Crippen molar-refractivity contribution in [3.05, 3.63) is 0 Å². The topological polar surface area (TPSA) is 49.3 Å². The molecule has 1 saturated heterocycles. The standard InChI is InChI=1S/C8H15NO2/c1-8(2)3-4-9-6(5-8)7(10)11/h6,9H,3-5H2,1-2H3,(H,10,11)/t6-/m1/s1. The minimum absolute atomic E-state index is 0.189. The van der Waals surface area contributed by atoms with E-state index >= 15 is 0 Å². The molecular formula is C8H15NO2. The van der Waals surface area contributed by atoms with Gasteiger partial charge in [-0.1, -0.05) is 13.8 Å². The summed E-state index contributed by atoms with van der Waals surface area (Å²) in [5.41, 5.74) is 0.189. The van der Waals surface area contributed by atoms with Crippen LogP contribution < -0.4 is 5.32 Å². The average Bonchev–Trinajstić information content (AvgIpc) is 1.85. The maximum absolute atomic E-state index is 10.6. The van der Waals surface area contributed by atoms with E-state index in [1.807, 2.05) is 0 Å². The third-order valence-corrected chi connectivity index (χ3v) is 2.25. The summed E-state index contributed by atoms with van der Waals surface area (Å²) in [7, 11) is 0. The third-order valence-electron chi connectivity index (χ3n) is 2.25. The summed E-state index contributed by atoms with van der Waals surface area (Å²) >= 11 is 0. The van der Waals surface area contributed by atoms with Crippen molar-refractivity contribution in [2.45, 2.75) is 32.7 Å². The monoisotopic (exact) mass is 157 g/mol. The molecule has 0 unspecified atom stereocenters. The summed E-state index contributed by atoms with van der Waals surface area (Å²) in [5, 5.41) is 11.7. The molecule has 11 heavy (non-hydrogen) atoms. The normalized spacial score (nSPS) is 29.8. The number of nitrogens with one attached hydrogen (secondary N) is 1. The Kier molecular flexibility index (Phi) is 2.18. The van der Waals surface area contributed by atoms with Gasteiger partial charge >= 0.3 is 5.97 Å². The van der Waals surface area contributed by atoms with Crippen LogP contribution in [0.5, 0.6) is 0 Å². The first kappa shape index (κ1) is 8.53. The van der Waals surface area contributed by atoms with Gasteiger partial charge in [-0.15, -0.1) is 0 Å². The van der Waals surface area contributed by atoms with Crippen LogP contribution in [0.3, 0.4) is 0 Å². The van der Waals surface area contributed by atoms with Crippen LogP contribution in [0, 0.1) is 5.41 Å². The molecule has 64 valence electrons. The lowest BCUT2D eigenvalue weighted by molar-refractivity contribution is -0.141. The first-order valence-electron chi connectivity index (χ1n) is 3.97. The van der Waals surface area contributed by atoms with E-state index in [-0.39, 0.29) is 11.5 Å². The molecule has 0 radical (unpaired) electrons. The highest BCUT2D eigenvalue weighted by molar-refractivity contribution is 5.73. The molecule has 3 heteroatoms. The van der Waals surface area contributed by atoms with Gasteiger partial charge in [-0.3, -0.25) is 4.79 Å². The molecule has 1 atom stereocenters. The van der Waals surface area contributed by atoms with E-state index in [9.17, 15) is 4.79 Å². The van der Waals surface area contributed by atoms with Crippen molar-refractivity contribution in [2.24, 2.45) is 5.41 Å². The number of carboxylic acid groups (broad SMARTS) is 1. The van der Waals surface area contributed by atoms with Crippen LogP contribution in [-0.4, -0.2) is 23.7 Å². The summed E-state index contributed by atoms with van der Waals surface area (Å²) in [6, 6.07) is -0.334. The summed E-state index contributed by atoms with van der Waals surface area (Å²) in [6.45, 7) is 5.05. The molecule has 1 aliphatic heterocycles. The zero-order valence-corrected chi connectivity index (χ0v) is 7.05. The van der Waals surface area contributed by atoms with Gasteiger partial charge in [0.05, 0.1) is 0 Å². The summed E-state index contributed by atoms with van der Waals surface area (Å²) in [6.07, 6.45) is 1.80. The molecular weight excluding hydrogens is 142 g/mol. The number of hydrogen-bond acceptors (Lipinski definition) is 2. The lowest BCUT2D eigenvalue weighted by Crippen LogP contribution is -2.46. The SMILES string of the molecule is CC1(C)CCN[C@@H](C(=O)O)C1. The Hall–Kier alpha value is -0.570. The van der Waals surface area contributed by atoms with Crippen molar-refractivity contribution < 1.29 is 9.90 Å². The molecule has 0 aromatic carbocycles. The molecule has 0 amide bonds. The van der Waals surface area contributed by atoms with Crippen LogP contribution in [0.4, 0.5) is 0 Å². The zero-order chi connectivity index (χ0) is 8.48. The average molecular weight is 157 g/mol. The molecule has 0 aromatic rings. The van der Waals surface area contributed by atoms with Crippen LogP contribution in [0.2, 0.25) is 0 Å². The smallest absolute Gasteiger partial charge is 0.320 e. The highest BCUT2D eigenvalue weighted by atomic mass is 16.4. The molecule has 1 aliphatic rings. The van der Waals surface area contributed by atoms with Crippen molar-refractivity contribution >= 4 is 5.97 Å². The fourth-order valence-corrected chi connectivity index (χ4v) is 1.49. The molecule has 1 heterocycles. The predicted octanol–water partition coefficient (Wildman–Crippen LogP) is 0.849. The van der Waals surface area contributed by atoms with Gasteiger partial charge in [0.15, 0.2) is 0 Å².